The summed E-state index contributed by atoms with van der Waals surface area (Å²) in [7, 11) is 0. The predicted octanol–water partition coefficient (Wildman–Crippen LogP) is 5.32. The quantitative estimate of drug-likeness (QED) is 0.454. The first-order valence-electron chi connectivity index (χ1n) is 11.1. The van der Waals surface area contributed by atoms with Crippen LogP contribution < -0.4 is 5.32 Å². The number of carboxylic acids is 1. The fourth-order valence-electron chi connectivity index (χ4n) is 3.58. The molecule has 1 aromatic carbocycles. The Morgan fingerprint density at radius 3 is 2.24 bits per heavy atom. The number of halogens is 3. The lowest BCUT2D eigenvalue weighted by Crippen LogP contribution is -2.21. The molecular formula is C25H30F3N3O3. The zero-order valence-electron chi connectivity index (χ0n) is 19.8. The Bertz CT molecular complexity index is 1080. The minimum atomic E-state index is -4.45. The van der Waals surface area contributed by atoms with E-state index in [4.69, 9.17) is 0 Å². The lowest BCUT2D eigenvalue weighted by Gasteiger charge is -2.10. The summed E-state index contributed by atoms with van der Waals surface area (Å²) in [6, 6.07) is 4.04. The van der Waals surface area contributed by atoms with Crippen molar-refractivity contribution in [3.8, 4) is 0 Å². The third kappa shape index (κ3) is 7.07. The number of nitrogens with zero attached hydrogens (tertiary/aromatic N) is 2. The number of hydrogen-bond donors (Lipinski definition) is 2. The van der Waals surface area contributed by atoms with Crippen LogP contribution in [0.3, 0.4) is 0 Å². The third-order valence-electron chi connectivity index (χ3n) is 5.41. The Kier molecular flexibility index (Phi) is 9.23. The number of hydrogen-bond acceptors (Lipinski definition) is 3. The number of nitrogens with one attached hydrogen (secondary N) is 1. The lowest BCUT2D eigenvalue weighted by molar-refractivity contribution is -0.138. The highest BCUT2D eigenvalue weighted by atomic mass is 19.4. The molecule has 0 unspecified atom stereocenters. The minimum Gasteiger partial charge on any atom is -0.481 e. The van der Waals surface area contributed by atoms with Gasteiger partial charge in [-0.2, -0.15) is 18.3 Å². The maximum Gasteiger partial charge on any atom is 0.416 e. The molecule has 0 aliphatic rings. The molecule has 9 heteroatoms. The molecule has 34 heavy (non-hydrogen) atoms. The van der Waals surface area contributed by atoms with Crippen molar-refractivity contribution in [1.82, 2.24) is 15.1 Å². The van der Waals surface area contributed by atoms with Crippen molar-refractivity contribution < 1.29 is 27.9 Å². The van der Waals surface area contributed by atoms with Gasteiger partial charge in [0.15, 0.2) is 0 Å². The molecule has 0 fully saturated rings. The Morgan fingerprint density at radius 2 is 1.74 bits per heavy atom. The van der Waals surface area contributed by atoms with E-state index in [0.29, 0.717) is 25.1 Å². The average molecular weight is 478 g/mol. The van der Waals surface area contributed by atoms with Gasteiger partial charge in [0.2, 0.25) is 0 Å². The molecule has 0 atom stereocenters. The topological polar surface area (TPSA) is 84.2 Å². The van der Waals surface area contributed by atoms with Gasteiger partial charge in [-0.05, 0) is 62.1 Å². The van der Waals surface area contributed by atoms with Crippen LogP contribution in [0.15, 0.2) is 47.7 Å². The van der Waals surface area contributed by atoms with Crippen molar-refractivity contribution >= 4 is 11.9 Å². The first-order chi connectivity index (χ1) is 16.0. The highest BCUT2D eigenvalue weighted by molar-refractivity contribution is 5.95. The molecule has 2 N–H and O–H groups in total. The van der Waals surface area contributed by atoms with Crippen LogP contribution in [0.1, 0.15) is 67.0 Å². The first kappa shape index (κ1) is 26.9. The largest absolute Gasteiger partial charge is 0.481 e. The lowest BCUT2D eigenvalue weighted by atomic mass is 10.1. The van der Waals surface area contributed by atoms with E-state index in [1.54, 1.807) is 13.0 Å². The Balaban J connectivity index is 2.16. The van der Waals surface area contributed by atoms with Crippen LogP contribution in [0.2, 0.25) is 0 Å². The van der Waals surface area contributed by atoms with Crippen molar-refractivity contribution in [1.29, 1.82) is 0 Å². The molecular weight excluding hydrogens is 447 g/mol. The van der Waals surface area contributed by atoms with Crippen molar-refractivity contribution in [3.05, 3.63) is 75.8 Å². The summed E-state index contributed by atoms with van der Waals surface area (Å²) in [5, 5.41) is 16.5. The molecule has 2 aromatic rings. The first-order valence-corrected chi connectivity index (χ1v) is 11.1. The number of aryl methyl sites for hydroxylation is 1. The Labute approximate surface area is 197 Å². The summed E-state index contributed by atoms with van der Waals surface area (Å²) in [6.45, 7) is 8.08. The summed E-state index contributed by atoms with van der Waals surface area (Å²) in [6.07, 6.45) is 1.10. The summed E-state index contributed by atoms with van der Waals surface area (Å²) < 4.78 is 39.9. The fraction of sp³-hybridized carbons (Fsp3) is 0.400. The second kappa shape index (κ2) is 11.7. The summed E-state index contributed by atoms with van der Waals surface area (Å²) >= 11 is 0. The SMILES string of the molecule is CC/C(=C\C=C(/C)NC(=O)c1ccc(C(F)(F)F)cc1)Cn1nc(CC)c(CC(=O)O)c1CC. The van der Waals surface area contributed by atoms with E-state index < -0.39 is 23.6 Å². The van der Waals surface area contributed by atoms with Crippen LogP contribution in [0.5, 0.6) is 0 Å². The number of carbonyl (C=O) groups excluding carboxylic acids is 1. The highest BCUT2D eigenvalue weighted by Crippen LogP contribution is 2.29. The molecule has 2 rings (SSSR count). The maximum atomic E-state index is 12.7. The molecule has 0 aliphatic heterocycles. The van der Waals surface area contributed by atoms with Crippen LogP contribution in [0, 0.1) is 0 Å². The van der Waals surface area contributed by atoms with Crippen molar-refractivity contribution in [3.63, 3.8) is 0 Å². The van der Waals surface area contributed by atoms with E-state index in [9.17, 15) is 27.9 Å². The molecule has 184 valence electrons. The van der Waals surface area contributed by atoms with E-state index in [2.05, 4.69) is 10.4 Å². The Hall–Kier alpha value is -3.36. The summed E-state index contributed by atoms with van der Waals surface area (Å²) in [5.74, 6) is -1.39. The van der Waals surface area contributed by atoms with Gasteiger partial charge in [0, 0.05) is 22.5 Å². The molecule has 0 aliphatic carbocycles. The zero-order chi connectivity index (χ0) is 25.5. The van der Waals surface area contributed by atoms with Gasteiger partial charge in [-0.3, -0.25) is 14.3 Å². The number of carbonyl (C=O) groups is 2. The number of rotatable bonds is 10. The van der Waals surface area contributed by atoms with E-state index in [-0.39, 0.29) is 12.0 Å². The number of alkyl halides is 3. The van der Waals surface area contributed by atoms with Crippen LogP contribution in [0.4, 0.5) is 13.2 Å². The molecule has 0 saturated heterocycles. The fourth-order valence-corrected chi connectivity index (χ4v) is 3.58. The summed E-state index contributed by atoms with van der Waals surface area (Å²) in [5.41, 5.74) is 3.32. The van der Waals surface area contributed by atoms with Gasteiger partial charge >= 0.3 is 12.1 Å². The van der Waals surface area contributed by atoms with Gasteiger partial charge < -0.3 is 10.4 Å². The predicted molar refractivity (Wildman–Crippen MR) is 123 cm³/mol. The minimum absolute atomic E-state index is 0.0630. The van der Waals surface area contributed by atoms with Gasteiger partial charge in [0.25, 0.3) is 5.91 Å². The molecule has 1 heterocycles. The second-order valence-electron chi connectivity index (χ2n) is 7.86. The van der Waals surface area contributed by atoms with Crippen LogP contribution in [0.25, 0.3) is 0 Å². The average Bonchev–Trinajstić information content (AvgIpc) is 3.11. The maximum absolute atomic E-state index is 12.7. The normalized spacial score (nSPS) is 12.7. The van der Waals surface area contributed by atoms with Crippen molar-refractivity contribution in [2.45, 2.75) is 66.1 Å². The van der Waals surface area contributed by atoms with Gasteiger partial charge in [-0.1, -0.05) is 26.8 Å². The highest BCUT2D eigenvalue weighted by Gasteiger charge is 2.30. The molecule has 1 amide bonds. The number of allylic oxidation sites excluding steroid dienone is 4. The van der Waals surface area contributed by atoms with Gasteiger partial charge in [-0.15, -0.1) is 0 Å². The van der Waals surface area contributed by atoms with E-state index >= 15 is 0 Å². The number of aromatic nitrogens is 2. The Morgan fingerprint density at radius 1 is 1.09 bits per heavy atom. The van der Waals surface area contributed by atoms with Gasteiger partial charge in [-0.25, -0.2) is 0 Å². The van der Waals surface area contributed by atoms with Crippen molar-refractivity contribution in [2.24, 2.45) is 0 Å². The second-order valence-corrected chi connectivity index (χ2v) is 7.86. The number of amides is 1. The molecule has 6 nitrogen and oxygen atoms in total. The third-order valence-corrected chi connectivity index (χ3v) is 5.41. The number of aliphatic carboxylic acids is 1. The van der Waals surface area contributed by atoms with E-state index in [1.165, 1.54) is 0 Å². The number of carboxylic acid groups (broad SMARTS) is 1. The van der Waals surface area contributed by atoms with Crippen LogP contribution >= 0.6 is 0 Å². The standard InChI is InChI=1S/C25H30F3N3O3/c1-5-17(15-31-22(7-3)20(14-23(32)33)21(6-2)30-31)9-8-16(4)29-24(34)18-10-12-19(13-11-18)25(26,27)28/h8-13H,5-7,14-15H2,1-4H3,(H,29,34)(H,32,33)/b16-8+,17-9+. The molecule has 1 aromatic heterocycles. The zero-order valence-corrected chi connectivity index (χ0v) is 19.8. The van der Waals surface area contributed by atoms with Gasteiger partial charge in [0.05, 0.1) is 24.2 Å². The summed E-state index contributed by atoms with van der Waals surface area (Å²) in [4.78, 5) is 23.6. The van der Waals surface area contributed by atoms with Crippen LogP contribution in [-0.2, 0) is 36.8 Å². The van der Waals surface area contributed by atoms with Crippen molar-refractivity contribution in [2.75, 3.05) is 0 Å². The molecule has 0 spiro atoms. The molecule has 0 bridgehead atoms. The molecule has 0 saturated carbocycles. The van der Waals surface area contributed by atoms with E-state index in [1.807, 2.05) is 31.5 Å². The number of benzene rings is 1. The van der Waals surface area contributed by atoms with Crippen LogP contribution in [-0.4, -0.2) is 26.8 Å². The van der Waals surface area contributed by atoms with E-state index in [0.717, 1.165) is 53.2 Å². The molecule has 0 radical (unpaired) electrons. The monoisotopic (exact) mass is 477 g/mol. The van der Waals surface area contributed by atoms with Gasteiger partial charge in [0.1, 0.15) is 0 Å². The smallest absolute Gasteiger partial charge is 0.416 e.